The smallest absolute Gasteiger partial charge is 0.135 e. The molecule has 0 bridgehead atoms. The van der Waals surface area contributed by atoms with Gasteiger partial charge in [-0.25, -0.2) is 0 Å². The lowest BCUT2D eigenvalue weighted by Gasteiger charge is -2.19. The Hall–Kier alpha value is -6.90. The normalized spacial score (nSPS) is 11.6. The van der Waals surface area contributed by atoms with Crippen molar-refractivity contribution in [2.45, 2.75) is 27.7 Å². The minimum Gasteiger partial charge on any atom is -0.457 e. The first-order chi connectivity index (χ1) is 27.4. The van der Waals surface area contributed by atoms with Gasteiger partial charge in [-0.15, -0.1) is 0 Å². The van der Waals surface area contributed by atoms with E-state index in [1.165, 1.54) is 76.8 Å². The van der Waals surface area contributed by atoms with Crippen LogP contribution in [0.3, 0.4) is 0 Å². The molecular formula is C54H40O2. The Kier molecular flexibility index (Phi) is 8.08. The standard InChI is InChI=1S/C54H40O2/c1-33-20-25-41-37(30-33)10-5-13-46(41)53-35(3)22-27-44-47(53)14-8-15-48(44)54-36(4)23-28-45-49(54)16-9-19-52(45)55-40-24-29-43-39(32-40)12-7-18-51(43)56-50-17-6-11-38-31-34(2)21-26-42(38)50/h5-32H,1-4H3. The maximum atomic E-state index is 6.75. The van der Waals surface area contributed by atoms with Crippen molar-refractivity contribution in [3.63, 3.8) is 0 Å². The van der Waals surface area contributed by atoms with Crippen LogP contribution >= 0.6 is 0 Å². The second kappa shape index (κ2) is 13.4. The van der Waals surface area contributed by atoms with E-state index < -0.39 is 0 Å². The number of benzene rings is 10. The predicted molar refractivity (Wildman–Crippen MR) is 237 cm³/mol. The van der Waals surface area contributed by atoms with Crippen molar-refractivity contribution >= 4 is 53.9 Å². The molecule has 2 nitrogen and oxygen atoms in total. The van der Waals surface area contributed by atoms with Gasteiger partial charge in [-0.2, -0.15) is 0 Å². The molecule has 10 aromatic rings. The van der Waals surface area contributed by atoms with E-state index in [9.17, 15) is 0 Å². The monoisotopic (exact) mass is 720 g/mol. The largest absolute Gasteiger partial charge is 0.457 e. The molecule has 10 aromatic carbocycles. The van der Waals surface area contributed by atoms with E-state index in [1.54, 1.807) is 0 Å². The van der Waals surface area contributed by atoms with Crippen LogP contribution < -0.4 is 9.47 Å². The molecule has 0 aliphatic carbocycles. The van der Waals surface area contributed by atoms with Crippen LogP contribution in [0.5, 0.6) is 23.0 Å². The van der Waals surface area contributed by atoms with E-state index in [0.29, 0.717) is 0 Å². The molecule has 0 saturated carbocycles. The summed E-state index contributed by atoms with van der Waals surface area (Å²) < 4.78 is 13.3. The van der Waals surface area contributed by atoms with Crippen LogP contribution in [0.25, 0.3) is 76.1 Å². The molecule has 0 N–H and O–H groups in total. The van der Waals surface area contributed by atoms with Gasteiger partial charge in [0.2, 0.25) is 0 Å². The number of hydrogen-bond donors (Lipinski definition) is 0. The van der Waals surface area contributed by atoms with Gasteiger partial charge in [0.15, 0.2) is 0 Å². The van der Waals surface area contributed by atoms with Gasteiger partial charge in [0, 0.05) is 16.2 Å². The third kappa shape index (κ3) is 5.74. The number of fused-ring (bicyclic) bond motifs is 5. The third-order valence-corrected chi connectivity index (χ3v) is 11.3. The molecule has 0 heterocycles. The minimum absolute atomic E-state index is 0.778. The first-order valence-corrected chi connectivity index (χ1v) is 19.3. The highest BCUT2D eigenvalue weighted by atomic mass is 16.5. The van der Waals surface area contributed by atoms with Gasteiger partial charge in [0.25, 0.3) is 0 Å². The minimum atomic E-state index is 0.778. The van der Waals surface area contributed by atoms with Crippen molar-refractivity contribution in [2.24, 2.45) is 0 Å². The third-order valence-electron chi connectivity index (χ3n) is 11.3. The second-order valence-corrected chi connectivity index (χ2v) is 15.1. The molecule has 56 heavy (non-hydrogen) atoms. The van der Waals surface area contributed by atoms with E-state index in [4.69, 9.17) is 9.47 Å². The van der Waals surface area contributed by atoms with Crippen LogP contribution in [0.4, 0.5) is 0 Å². The molecule has 0 spiro atoms. The van der Waals surface area contributed by atoms with E-state index in [-0.39, 0.29) is 0 Å². The summed E-state index contributed by atoms with van der Waals surface area (Å²) in [4.78, 5) is 0. The zero-order valence-electron chi connectivity index (χ0n) is 32.0. The number of ether oxygens (including phenoxy) is 2. The molecule has 0 amide bonds. The van der Waals surface area contributed by atoms with Gasteiger partial charge in [-0.05, 0) is 135 Å². The zero-order chi connectivity index (χ0) is 37.9. The van der Waals surface area contributed by atoms with Crippen molar-refractivity contribution < 1.29 is 9.47 Å². The molecule has 0 saturated heterocycles. The van der Waals surface area contributed by atoms with Crippen molar-refractivity contribution in [1.29, 1.82) is 0 Å². The van der Waals surface area contributed by atoms with Crippen LogP contribution in [0.1, 0.15) is 22.3 Å². The van der Waals surface area contributed by atoms with Gasteiger partial charge in [-0.3, -0.25) is 0 Å². The Morgan fingerprint density at radius 3 is 1.41 bits per heavy atom. The van der Waals surface area contributed by atoms with Crippen LogP contribution in [0.2, 0.25) is 0 Å². The van der Waals surface area contributed by atoms with Gasteiger partial charge in [0.05, 0.1) is 0 Å². The topological polar surface area (TPSA) is 18.5 Å². The van der Waals surface area contributed by atoms with Crippen LogP contribution in [-0.2, 0) is 0 Å². The second-order valence-electron chi connectivity index (χ2n) is 15.1. The summed E-state index contributed by atoms with van der Waals surface area (Å²) in [5.74, 6) is 3.26. The quantitative estimate of drug-likeness (QED) is 0.170. The lowest BCUT2D eigenvalue weighted by molar-refractivity contribution is 0.488. The maximum absolute atomic E-state index is 6.75. The fraction of sp³-hybridized carbons (Fsp3) is 0.0741. The molecule has 10 rings (SSSR count). The van der Waals surface area contributed by atoms with Gasteiger partial charge in [-0.1, -0.05) is 145 Å². The Morgan fingerprint density at radius 2 is 0.750 bits per heavy atom. The summed E-state index contributed by atoms with van der Waals surface area (Å²) in [5.41, 5.74) is 10.0. The molecule has 2 heteroatoms. The van der Waals surface area contributed by atoms with Crippen molar-refractivity contribution in [1.82, 2.24) is 0 Å². The summed E-state index contributed by atoms with van der Waals surface area (Å²) in [6.45, 7) is 8.72. The fourth-order valence-electron chi connectivity index (χ4n) is 8.64. The zero-order valence-corrected chi connectivity index (χ0v) is 32.0. The highest BCUT2D eigenvalue weighted by Crippen LogP contribution is 2.44. The van der Waals surface area contributed by atoms with Crippen LogP contribution in [-0.4, -0.2) is 0 Å². The van der Waals surface area contributed by atoms with E-state index >= 15 is 0 Å². The molecule has 0 fully saturated rings. The van der Waals surface area contributed by atoms with E-state index in [1.807, 2.05) is 24.3 Å². The molecule has 0 radical (unpaired) electrons. The Bertz CT molecular complexity index is 3190. The van der Waals surface area contributed by atoms with Gasteiger partial charge in [0.1, 0.15) is 23.0 Å². The average molecular weight is 721 g/mol. The molecular weight excluding hydrogens is 681 g/mol. The van der Waals surface area contributed by atoms with Gasteiger partial charge < -0.3 is 9.47 Å². The SMILES string of the molecule is Cc1ccc2c(Oc3cccc4cc(Oc5cccc6c(-c7cccc8c(-c9cccc%10cc(C)ccc9%10)c(C)ccc78)c(C)ccc56)ccc34)cccc2c1. The molecule has 0 unspecified atom stereocenters. The molecule has 0 aliphatic heterocycles. The number of rotatable bonds is 6. The predicted octanol–water partition coefficient (Wildman–Crippen LogP) is 15.6. The fourth-order valence-corrected chi connectivity index (χ4v) is 8.64. The van der Waals surface area contributed by atoms with Crippen molar-refractivity contribution in [2.75, 3.05) is 0 Å². The average Bonchev–Trinajstić information content (AvgIpc) is 3.20. The molecule has 0 aliphatic rings. The summed E-state index contributed by atoms with van der Waals surface area (Å²) >= 11 is 0. The summed E-state index contributed by atoms with van der Waals surface area (Å²) in [7, 11) is 0. The summed E-state index contributed by atoms with van der Waals surface area (Å²) in [6, 6.07) is 60.7. The Balaban J connectivity index is 1.04. The van der Waals surface area contributed by atoms with Crippen LogP contribution in [0, 0.1) is 27.7 Å². The van der Waals surface area contributed by atoms with Crippen molar-refractivity contribution in [3.8, 4) is 45.3 Å². The lowest BCUT2D eigenvalue weighted by atomic mass is 9.86. The highest BCUT2D eigenvalue weighted by Gasteiger charge is 2.18. The lowest BCUT2D eigenvalue weighted by Crippen LogP contribution is -1.93. The molecule has 268 valence electrons. The highest BCUT2D eigenvalue weighted by molar-refractivity contribution is 6.13. The Labute approximate surface area is 327 Å². The van der Waals surface area contributed by atoms with Crippen molar-refractivity contribution in [3.05, 3.63) is 192 Å². The maximum Gasteiger partial charge on any atom is 0.135 e. The molecule has 0 aromatic heterocycles. The molecule has 0 atom stereocenters. The summed E-state index contributed by atoms with van der Waals surface area (Å²) in [5, 5.41) is 11.6. The van der Waals surface area contributed by atoms with Gasteiger partial charge >= 0.3 is 0 Å². The van der Waals surface area contributed by atoms with E-state index in [2.05, 4.69) is 173 Å². The summed E-state index contributed by atoms with van der Waals surface area (Å²) in [6.07, 6.45) is 0. The van der Waals surface area contributed by atoms with Crippen LogP contribution in [0.15, 0.2) is 170 Å². The van der Waals surface area contributed by atoms with E-state index in [0.717, 1.165) is 44.5 Å². The Morgan fingerprint density at radius 1 is 0.304 bits per heavy atom. The number of aryl methyl sites for hydroxylation is 4. The first-order valence-electron chi connectivity index (χ1n) is 19.3. The first kappa shape index (κ1) is 33.7. The number of hydrogen-bond acceptors (Lipinski definition) is 2.